The minimum atomic E-state index is -0.328. The van der Waals surface area contributed by atoms with E-state index >= 15 is 0 Å². The number of amides is 1. The number of carbonyl (C=O) groups excluding carboxylic acids is 1. The molecule has 0 N–H and O–H groups in total. The number of unbranched alkanes of at least 4 members (excludes halogenated alkanes) is 1. The monoisotopic (exact) mass is 418 g/mol. The molecule has 0 aliphatic carbocycles. The van der Waals surface area contributed by atoms with E-state index in [2.05, 4.69) is 6.92 Å². The van der Waals surface area contributed by atoms with E-state index in [4.69, 9.17) is 12.2 Å². The van der Waals surface area contributed by atoms with Crippen LogP contribution in [0.1, 0.15) is 50.3 Å². The van der Waals surface area contributed by atoms with E-state index in [0.717, 1.165) is 19.4 Å². The molecule has 1 aliphatic heterocycles. The lowest BCUT2D eigenvalue weighted by molar-refractivity contribution is -0.123. The van der Waals surface area contributed by atoms with E-state index in [0.29, 0.717) is 26.2 Å². The molecule has 0 atom stereocenters. The van der Waals surface area contributed by atoms with E-state index in [-0.39, 0.29) is 23.1 Å². The van der Waals surface area contributed by atoms with Crippen LogP contribution in [0.5, 0.6) is 0 Å². The zero-order valence-corrected chi connectivity index (χ0v) is 18.8. The maximum atomic E-state index is 12.8. The number of aromatic nitrogens is 1. The lowest BCUT2D eigenvalue weighted by Crippen LogP contribution is -2.34. The van der Waals surface area contributed by atoms with Gasteiger partial charge < -0.3 is 4.90 Å². The molecule has 2 heterocycles. The van der Waals surface area contributed by atoms with Crippen molar-refractivity contribution in [3.8, 4) is 6.07 Å². The van der Waals surface area contributed by atoms with Gasteiger partial charge in [-0.15, -0.1) is 0 Å². The van der Waals surface area contributed by atoms with Crippen molar-refractivity contribution in [2.45, 2.75) is 46.6 Å². The van der Waals surface area contributed by atoms with Gasteiger partial charge in [0.15, 0.2) is 0 Å². The van der Waals surface area contributed by atoms with E-state index in [1.165, 1.54) is 16.3 Å². The van der Waals surface area contributed by atoms with Gasteiger partial charge in [-0.1, -0.05) is 37.3 Å². The smallest absolute Gasteiger partial charge is 0.270 e. The molecule has 6 nitrogen and oxygen atoms in total. The standard InChI is InChI=1S/C20H26N4O2S2/c1-7-8-9-22(5)17-14(13(4)15(11-21)18(25)23(17)6)10-16-19(26)24(12(2)3)20(27)28-16/h10,12H,7-9H2,1-6H3. The van der Waals surface area contributed by atoms with Gasteiger partial charge in [-0.05, 0) is 38.8 Å². The van der Waals surface area contributed by atoms with Crippen molar-refractivity contribution in [3.05, 3.63) is 31.9 Å². The van der Waals surface area contributed by atoms with Crippen LogP contribution in [0.3, 0.4) is 0 Å². The summed E-state index contributed by atoms with van der Waals surface area (Å²) in [7, 11) is 3.59. The summed E-state index contributed by atoms with van der Waals surface area (Å²) in [6.07, 6.45) is 3.77. The number of thiocarbonyl (C=S) groups is 1. The van der Waals surface area contributed by atoms with Gasteiger partial charge in [-0.3, -0.25) is 19.1 Å². The number of thioether (sulfide) groups is 1. The highest BCUT2D eigenvalue weighted by molar-refractivity contribution is 8.26. The number of hydrogen-bond donors (Lipinski definition) is 0. The normalized spacial score (nSPS) is 15.6. The van der Waals surface area contributed by atoms with Crippen LogP contribution in [0.4, 0.5) is 5.82 Å². The molecule has 0 spiro atoms. The molecular weight excluding hydrogens is 392 g/mol. The Hall–Kier alpha value is -2.11. The van der Waals surface area contributed by atoms with Crippen LogP contribution in [0.25, 0.3) is 6.08 Å². The maximum Gasteiger partial charge on any atom is 0.270 e. The van der Waals surface area contributed by atoms with Gasteiger partial charge >= 0.3 is 0 Å². The van der Waals surface area contributed by atoms with Crippen LogP contribution < -0.4 is 10.5 Å². The Morgan fingerprint density at radius 2 is 2.00 bits per heavy atom. The number of nitrogens with zero attached hydrogens (tertiary/aromatic N) is 4. The predicted molar refractivity (Wildman–Crippen MR) is 119 cm³/mol. The molecular formula is C20H26N4O2S2. The Bertz CT molecular complexity index is 941. The Morgan fingerprint density at radius 3 is 2.50 bits per heavy atom. The van der Waals surface area contributed by atoms with Crippen molar-refractivity contribution < 1.29 is 4.79 Å². The van der Waals surface area contributed by atoms with Crippen molar-refractivity contribution in [1.29, 1.82) is 5.26 Å². The summed E-state index contributed by atoms with van der Waals surface area (Å²) in [5.74, 6) is 0.559. The molecule has 0 unspecified atom stereocenters. The molecule has 2 rings (SSSR count). The second kappa shape index (κ2) is 8.93. The molecule has 28 heavy (non-hydrogen) atoms. The molecule has 0 radical (unpaired) electrons. The zero-order valence-electron chi connectivity index (χ0n) is 17.2. The predicted octanol–water partition coefficient (Wildman–Crippen LogP) is 3.41. The van der Waals surface area contributed by atoms with Crippen LogP contribution in [-0.4, -0.2) is 39.3 Å². The Morgan fingerprint density at radius 1 is 1.36 bits per heavy atom. The average molecular weight is 419 g/mol. The number of rotatable bonds is 6. The molecule has 1 amide bonds. The Labute approximate surface area is 175 Å². The van der Waals surface area contributed by atoms with Crippen molar-refractivity contribution in [2.75, 3.05) is 18.5 Å². The number of nitriles is 1. The molecule has 0 aromatic carbocycles. The van der Waals surface area contributed by atoms with Gasteiger partial charge in [0.05, 0.1) is 4.91 Å². The van der Waals surface area contributed by atoms with Gasteiger partial charge in [-0.25, -0.2) is 0 Å². The molecule has 1 aromatic heterocycles. The molecule has 8 heteroatoms. The lowest BCUT2D eigenvalue weighted by Gasteiger charge is -2.25. The second-order valence-electron chi connectivity index (χ2n) is 7.13. The summed E-state index contributed by atoms with van der Waals surface area (Å²) in [5.41, 5.74) is 1.06. The first kappa shape index (κ1) is 22.2. The molecule has 0 saturated carbocycles. The van der Waals surface area contributed by atoms with Crippen LogP contribution in [-0.2, 0) is 11.8 Å². The summed E-state index contributed by atoms with van der Waals surface area (Å²) in [5, 5.41) is 9.49. The number of hydrogen-bond acceptors (Lipinski definition) is 6. The van der Waals surface area contributed by atoms with Crippen LogP contribution >= 0.6 is 24.0 Å². The van der Waals surface area contributed by atoms with Crippen LogP contribution in [0.2, 0.25) is 0 Å². The number of carbonyl (C=O) groups is 1. The lowest BCUT2D eigenvalue weighted by atomic mass is 10.0. The van der Waals surface area contributed by atoms with Gasteiger partial charge in [0.2, 0.25) is 0 Å². The van der Waals surface area contributed by atoms with Gasteiger partial charge in [0, 0.05) is 32.2 Å². The fraction of sp³-hybridized carbons (Fsp3) is 0.500. The van der Waals surface area contributed by atoms with E-state index in [1.807, 2.05) is 31.9 Å². The van der Waals surface area contributed by atoms with Crippen molar-refractivity contribution in [1.82, 2.24) is 9.47 Å². The third-order valence-corrected chi connectivity index (χ3v) is 6.12. The summed E-state index contributed by atoms with van der Waals surface area (Å²) in [6, 6.07) is 1.99. The highest BCUT2D eigenvalue weighted by Gasteiger charge is 2.34. The van der Waals surface area contributed by atoms with Crippen LogP contribution in [0.15, 0.2) is 9.70 Å². The number of pyridine rings is 1. The molecule has 0 bridgehead atoms. The minimum absolute atomic E-state index is 0.0269. The number of anilines is 1. The highest BCUT2D eigenvalue weighted by Crippen LogP contribution is 2.36. The van der Waals surface area contributed by atoms with E-state index < -0.39 is 0 Å². The zero-order chi connectivity index (χ0) is 21.2. The largest absolute Gasteiger partial charge is 0.360 e. The summed E-state index contributed by atoms with van der Waals surface area (Å²) in [6.45, 7) is 8.47. The van der Waals surface area contributed by atoms with Crippen molar-refractivity contribution in [2.24, 2.45) is 7.05 Å². The average Bonchev–Trinajstić information content (AvgIpc) is 2.91. The molecule has 1 aromatic rings. The third kappa shape index (κ3) is 4.01. The van der Waals surface area contributed by atoms with Crippen molar-refractivity contribution >= 4 is 46.1 Å². The summed E-state index contributed by atoms with van der Waals surface area (Å²) < 4.78 is 2.02. The first-order valence-corrected chi connectivity index (χ1v) is 10.5. The van der Waals surface area contributed by atoms with Gasteiger partial charge in [0.25, 0.3) is 11.5 Å². The Kier molecular flexibility index (Phi) is 7.07. The van der Waals surface area contributed by atoms with Crippen LogP contribution in [0, 0.1) is 18.3 Å². The fourth-order valence-corrected chi connectivity index (χ4v) is 4.74. The Balaban J connectivity index is 2.71. The quantitative estimate of drug-likeness (QED) is 0.521. The minimum Gasteiger partial charge on any atom is -0.360 e. The SMILES string of the molecule is CCCCN(C)c1c(C=C2SC(=S)N(C(C)C)C2=O)c(C)c(C#N)c(=O)n1C. The second-order valence-corrected chi connectivity index (χ2v) is 8.81. The molecule has 1 fully saturated rings. The van der Waals surface area contributed by atoms with E-state index in [9.17, 15) is 14.9 Å². The fourth-order valence-electron chi connectivity index (χ4n) is 3.23. The first-order valence-electron chi connectivity index (χ1n) is 9.27. The maximum absolute atomic E-state index is 12.8. The summed E-state index contributed by atoms with van der Waals surface area (Å²) >= 11 is 6.62. The molecule has 150 valence electrons. The summed E-state index contributed by atoms with van der Waals surface area (Å²) in [4.78, 5) is 29.6. The van der Waals surface area contributed by atoms with Gasteiger partial charge in [-0.2, -0.15) is 5.26 Å². The van der Waals surface area contributed by atoms with Gasteiger partial charge in [0.1, 0.15) is 21.8 Å². The van der Waals surface area contributed by atoms with E-state index in [1.54, 1.807) is 24.9 Å². The van der Waals surface area contributed by atoms with Crippen molar-refractivity contribution in [3.63, 3.8) is 0 Å². The highest BCUT2D eigenvalue weighted by atomic mass is 32.2. The molecule has 1 saturated heterocycles. The third-order valence-electron chi connectivity index (χ3n) is 4.79. The first-order chi connectivity index (χ1) is 13.1. The topological polar surface area (TPSA) is 69.3 Å². The molecule has 1 aliphatic rings.